The average molecular weight is 176 g/mol. The van der Waals surface area contributed by atoms with Crippen molar-refractivity contribution in [1.29, 1.82) is 0 Å². The monoisotopic (exact) mass is 176 g/mol. The lowest BCUT2D eigenvalue weighted by atomic mass is 10.1. The highest BCUT2D eigenvalue weighted by molar-refractivity contribution is 5.27. The fourth-order valence-electron chi connectivity index (χ4n) is 1.05. The molecule has 0 fully saturated rings. The third-order valence-electron chi connectivity index (χ3n) is 1.69. The zero-order valence-corrected chi connectivity index (χ0v) is 6.81. The molecule has 0 amide bonds. The molecule has 0 spiro atoms. The normalized spacial score (nSPS) is 10.2. The molecule has 0 atom stereocenters. The average Bonchev–Trinajstić information content (AvgIpc) is 2.62. The zero-order chi connectivity index (χ0) is 9.10. The number of benzene rings is 1. The van der Waals surface area contributed by atoms with Gasteiger partial charge in [0.2, 0.25) is 0 Å². The van der Waals surface area contributed by atoms with Crippen LogP contribution in [0.5, 0.6) is 5.75 Å². The topological polar surface area (TPSA) is 74.7 Å². The number of phenolic OH excluding ortho intramolecular Hbond substituents is 1. The molecule has 2 aromatic rings. The number of nitrogens with one attached hydrogen (secondary N) is 1. The van der Waals surface area contributed by atoms with Gasteiger partial charge in [-0.3, -0.25) is 0 Å². The highest BCUT2D eigenvalue weighted by atomic mass is 16.3. The predicted octanol–water partition coefficient (Wildman–Crippen LogP) is 0.496. The third kappa shape index (κ3) is 1.81. The van der Waals surface area contributed by atoms with Crippen LogP contribution in [0.2, 0.25) is 0 Å². The molecule has 0 aliphatic rings. The Kier molecular flexibility index (Phi) is 1.91. The van der Waals surface area contributed by atoms with Gasteiger partial charge in [-0.1, -0.05) is 17.3 Å². The summed E-state index contributed by atoms with van der Waals surface area (Å²) in [4.78, 5) is 0. The first-order valence-electron chi connectivity index (χ1n) is 3.85. The van der Waals surface area contributed by atoms with E-state index in [9.17, 15) is 0 Å². The Morgan fingerprint density at radius 2 is 2.00 bits per heavy atom. The third-order valence-corrected chi connectivity index (χ3v) is 1.69. The first-order valence-corrected chi connectivity index (χ1v) is 3.85. The fourth-order valence-corrected chi connectivity index (χ4v) is 1.05. The Labute approximate surface area is 74.4 Å². The fraction of sp³-hybridized carbons (Fsp3) is 0.125. The van der Waals surface area contributed by atoms with Gasteiger partial charge in [0.05, 0.1) is 0 Å². The molecule has 13 heavy (non-hydrogen) atoms. The van der Waals surface area contributed by atoms with Gasteiger partial charge < -0.3 is 5.11 Å². The highest BCUT2D eigenvalue weighted by Crippen LogP contribution is 2.11. The van der Waals surface area contributed by atoms with Crippen molar-refractivity contribution in [3.05, 3.63) is 35.7 Å². The van der Waals surface area contributed by atoms with E-state index in [1.165, 1.54) is 0 Å². The second-order valence-electron chi connectivity index (χ2n) is 2.67. The van der Waals surface area contributed by atoms with Crippen LogP contribution in [-0.2, 0) is 6.42 Å². The van der Waals surface area contributed by atoms with Gasteiger partial charge in [-0.15, -0.1) is 10.2 Å². The number of hydrogen-bond acceptors (Lipinski definition) is 4. The Morgan fingerprint density at radius 3 is 2.62 bits per heavy atom. The number of phenols is 1. The molecular formula is C8H8N4O. The van der Waals surface area contributed by atoms with Gasteiger partial charge in [-0.25, -0.2) is 0 Å². The van der Waals surface area contributed by atoms with Crippen molar-refractivity contribution in [2.75, 3.05) is 0 Å². The summed E-state index contributed by atoms with van der Waals surface area (Å²) in [7, 11) is 0. The van der Waals surface area contributed by atoms with E-state index in [-0.39, 0.29) is 5.75 Å². The van der Waals surface area contributed by atoms with Gasteiger partial charge in [-0.05, 0) is 17.7 Å². The minimum atomic E-state index is 0.261. The number of aromatic hydroxyl groups is 1. The van der Waals surface area contributed by atoms with Crippen LogP contribution in [0.1, 0.15) is 11.4 Å². The van der Waals surface area contributed by atoms with Crippen LogP contribution < -0.4 is 0 Å². The highest BCUT2D eigenvalue weighted by Gasteiger charge is 1.99. The lowest BCUT2D eigenvalue weighted by Crippen LogP contribution is -1.90. The van der Waals surface area contributed by atoms with Crippen LogP contribution in [0.15, 0.2) is 24.3 Å². The predicted molar refractivity (Wildman–Crippen MR) is 45.1 cm³/mol. The van der Waals surface area contributed by atoms with E-state index in [0.29, 0.717) is 12.2 Å². The number of nitrogens with zero attached hydrogens (tertiary/aromatic N) is 3. The Morgan fingerprint density at radius 1 is 1.23 bits per heavy atom. The first-order chi connectivity index (χ1) is 6.34. The number of H-pyrrole nitrogens is 1. The van der Waals surface area contributed by atoms with E-state index in [0.717, 1.165) is 5.56 Å². The van der Waals surface area contributed by atoms with Gasteiger partial charge in [0.15, 0.2) is 5.82 Å². The van der Waals surface area contributed by atoms with Crippen LogP contribution in [0.4, 0.5) is 0 Å². The van der Waals surface area contributed by atoms with E-state index in [1.54, 1.807) is 12.1 Å². The first kappa shape index (κ1) is 7.72. The van der Waals surface area contributed by atoms with Crippen LogP contribution in [0, 0.1) is 0 Å². The number of aromatic nitrogens is 4. The standard InChI is InChI=1S/C8H8N4O/c13-7-3-1-6(2-4-7)5-8-9-11-12-10-8/h1-4,13H,5H2,(H,9,10,11,12). The smallest absolute Gasteiger partial charge is 0.178 e. The summed E-state index contributed by atoms with van der Waals surface area (Å²) in [5, 5.41) is 22.5. The summed E-state index contributed by atoms with van der Waals surface area (Å²) >= 11 is 0. The minimum absolute atomic E-state index is 0.261. The molecule has 0 saturated heterocycles. The second kappa shape index (κ2) is 3.22. The molecule has 0 saturated carbocycles. The number of hydrogen-bond donors (Lipinski definition) is 2. The molecule has 0 radical (unpaired) electrons. The zero-order valence-electron chi connectivity index (χ0n) is 6.81. The minimum Gasteiger partial charge on any atom is -0.508 e. The van der Waals surface area contributed by atoms with E-state index < -0.39 is 0 Å². The molecule has 5 nitrogen and oxygen atoms in total. The van der Waals surface area contributed by atoms with Gasteiger partial charge in [0, 0.05) is 6.42 Å². The van der Waals surface area contributed by atoms with Crippen molar-refractivity contribution in [2.45, 2.75) is 6.42 Å². The maximum Gasteiger partial charge on any atom is 0.178 e. The number of rotatable bonds is 2. The summed E-state index contributed by atoms with van der Waals surface area (Å²) in [5.41, 5.74) is 1.04. The molecule has 0 unspecified atom stereocenters. The van der Waals surface area contributed by atoms with Gasteiger partial charge >= 0.3 is 0 Å². The van der Waals surface area contributed by atoms with Crippen LogP contribution >= 0.6 is 0 Å². The summed E-state index contributed by atoms with van der Waals surface area (Å²) in [6.07, 6.45) is 0.622. The molecular weight excluding hydrogens is 168 g/mol. The summed E-state index contributed by atoms with van der Waals surface area (Å²) in [6, 6.07) is 6.92. The van der Waals surface area contributed by atoms with E-state index in [4.69, 9.17) is 5.11 Å². The van der Waals surface area contributed by atoms with Gasteiger partial charge in [0.1, 0.15) is 5.75 Å². The van der Waals surface area contributed by atoms with Crippen LogP contribution in [0.25, 0.3) is 0 Å². The molecule has 0 aliphatic carbocycles. The van der Waals surface area contributed by atoms with Gasteiger partial charge in [0.25, 0.3) is 0 Å². The molecule has 0 aliphatic heterocycles. The van der Waals surface area contributed by atoms with Crippen molar-refractivity contribution in [2.24, 2.45) is 0 Å². The summed E-state index contributed by atoms with van der Waals surface area (Å²) in [6.45, 7) is 0. The van der Waals surface area contributed by atoms with Crippen molar-refractivity contribution >= 4 is 0 Å². The molecule has 0 bridgehead atoms. The van der Waals surface area contributed by atoms with Crippen LogP contribution in [-0.4, -0.2) is 25.7 Å². The Balaban J connectivity index is 2.15. The Bertz CT molecular complexity index is 368. The molecule has 1 heterocycles. The molecule has 66 valence electrons. The largest absolute Gasteiger partial charge is 0.508 e. The molecule has 2 N–H and O–H groups in total. The van der Waals surface area contributed by atoms with Crippen molar-refractivity contribution in [3.8, 4) is 5.75 Å². The summed E-state index contributed by atoms with van der Waals surface area (Å²) < 4.78 is 0. The van der Waals surface area contributed by atoms with Crippen molar-refractivity contribution in [3.63, 3.8) is 0 Å². The van der Waals surface area contributed by atoms with Crippen molar-refractivity contribution < 1.29 is 5.11 Å². The lowest BCUT2D eigenvalue weighted by molar-refractivity contribution is 0.475. The maximum atomic E-state index is 9.03. The Hall–Kier alpha value is -1.91. The van der Waals surface area contributed by atoms with E-state index in [2.05, 4.69) is 20.6 Å². The van der Waals surface area contributed by atoms with E-state index >= 15 is 0 Å². The van der Waals surface area contributed by atoms with Crippen LogP contribution in [0.3, 0.4) is 0 Å². The summed E-state index contributed by atoms with van der Waals surface area (Å²) in [5.74, 6) is 0.905. The number of tetrazole rings is 1. The number of aromatic amines is 1. The quantitative estimate of drug-likeness (QED) is 0.698. The van der Waals surface area contributed by atoms with E-state index in [1.807, 2.05) is 12.1 Å². The lowest BCUT2D eigenvalue weighted by Gasteiger charge is -1.96. The SMILES string of the molecule is Oc1ccc(Cc2nn[nH]n2)cc1. The maximum absolute atomic E-state index is 9.03. The molecule has 2 rings (SSSR count). The molecule has 1 aromatic carbocycles. The van der Waals surface area contributed by atoms with Crippen molar-refractivity contribution in [1.82, 2.24) is 20.6 Å². The van der Waals surface area contributed by atoms with Gasteiger partial charge in [-0.2, -0.15) is 5.21 Å². The molecule has 5 heteroatoms. The molecule has 1 aromatic heterocycles. The second-order valence-corrected chi connectivity index (χ2v) is 2.67.